The van der Waals surface area contributed by atoms with E-state index in [1.165, 1.54) is 5.56 Å². The van der Waals surface area contributed by atoms with Crippen LogP contribution in [0.3, 0.4) is 0 Å². The minimum absolute atomic E-state index is 0.420. The molecule has 3 N–H and O–H groups in total. The number of hydrogen-bond donors (Lipinski definition) is 2. The van der Waals surface area contributed by atoms with Crippen molar-refractivity contribution in [3.63, 3.8) is 0 Å². The number of benzene rings is 2. The first-order valence-electron chi connectivity index (χ1n) is 8.13. The highest BCUT2D eigenvalue weighted by atomic mass is 79.9. The molecule has 0 unspecified atom stereocenters. The summed E-state index contributed by atoms with van der Waals surface area (Å²) in [6.07, 6.45) is 0. The van der Waals surface area contributed by atoms with E-state index in [4.69, 9.17) is 5.73 Å². The summed E-state index contributed by atoms with van der Waals surface area (Å²) in [5, 5.41) is 3.31. The molecule has 2 aromatic rings. The molecule has 6 heteroatoms. The van der Waals surface area contributed by atoms with Crippen LogP contribution in [0.25, 0.3) is 0 Å². The van der Waals surface area contributed by atoms with Crippen molar-refractivity contribution in [2.75, 3.05) is 13.6 Å². The molecule has 0 heterocycles. The quantitative estimate of drug-likeness (QED) is 0.575. The minimum atomic E-state index is -0.420. The average Bonchev–Trinajstić information content (AvgIpc) is 2.60. The Morgan fingerprint density at radius 1 is 1.20 bits per heavy atom. The lowest BCUT2D eigenvalue weighted by Crippen LogP contribution is -2.38. The first-order valence-corrected chi connectivity index (χ1v) is 8.92. The second-order valence-electron chi connectivity index (χ2n) is 5.68. The van der Waals surface area contributed by atoms with Crippen LogP contribution in [0.15, 0.2) is 58.0 Å². The number of nitrogens with one attached hydrogen (secondary N) is 1. The molecule has 0 fully saturated rings. The third-order valence-electron chi connectivity index (χ3n) is 3.71. The van der Waals surface area contributed by atoms with E-state index in [1.807, 2.05) is 44.3 Å². The Balaban J connectivity index is 2.09. The summed E-state index contributed by atoms with van der Waals surface area (Å²) >= 11 is 3.58. The summed E-state index contributed by atoms with van der Waals surface area (Å²) in [7, 11) is 2.01. The Labute approximate surface area is 157 Å². The normalized spacial score (nSPS) is 11.2. The third kappa shape index (κ3) is 5.60. The van der Waals surface area contributed by atoms with E-state index >= 15 is 0 Å². The van der Waals surface area contributed by atoms with E-state index in [1.54, 1.807) is 12.1 Å². The lowest BCUT2D eigenvalue weighted by Gasteiger charge is -2.22. The van der Waals surface area contributed by atoms with Crippen LogP contribution in [0.4, 0.5) is 0 Å². The smallest absolute Gasteiger partial charge is 0.248 e. The predicted molar refractivity (Wildman–Crippen MR) is 105 cm³/mol. The summed E-state index contributed by atoms with van der Waals surface area (Å²) in [6.45, 7) is 4.11. The predicted octanol–water partition coefficient (Wildman–Crippen LogP) is 3.15. The van der Waals surface area contributed by atoms with Crippen molar-refractivity contribution in [3.8, 4) is 0 Å². The second-order valence-corrected chi connectivity index (χ2v) is 6.53. The van der Waals surface area contributed by atoms with Crippen LogP contribution in [-0.2, 0) is 13.1 Å². The van der Waals surface area contributed by atoms with Crippen LogP contribution in [0, 0.1) is 0 Å². The van der Waals surface area contributed by atoms with Gasteiger partial charge in [-0.25, -0.2) is 4.99 Å². The van der Waals surface area contributed by atoms with Gasteiger partial charge in [0.2, 0.25) is 5.91 Å². The SMILES string of the molecule is CCNC(=NCc1ccc(C(N)=O)cc1)N(C)Cc1ccccc1Br. The number of nitrogens with zero attached hydrogens (tertiary/aromatic N) is 2. The Hall–Kier alpha value is -2.34. The number of rotatable bonds is 6. The molecule has 132 valence electrons. The van der Waals surface area contributed by atoms with Crippen molar-refractivity contribution in [3.05, 3.63) is 69.7 Å². The maximum atomic E-state index is 11.1. The van der Waals surface area contributed by atoms with Gasteiger partial charge in [0.15, 0.2) is 5.96 Å². The number of halogens is 1. The molecule has 0 saturated carbocycles. The molecular weight excluding hydrogens is 380 g/mol. The number of guanidine groups is 1. The summed E-state index contributed by atoms with van der Waals surface area (Å²) < 4.78 is 1.08. The highest BCUT2D eigenvalue weighted by molar-refractivity contribution is 9.10. The molecule has 0 spiro atoms. The fourth-order valence-corrected chi connectivity index (χ4v) is 2.78. The largest absolute Gasteiger partial charge is 0.366 e. The van der Waals surface area contributed by atoms with E-state index in [0.29, 0.717) is 12.1 Å². The van der Waals surface area contributed by atoms with E-state index in [9.17, 15) is 4.79 Å². The van der Waals surface area contributed by atoms with Crippen LogP contribution >= 0.6 is 15.9 Å². The summed E-state index contributed by atoms with van der Waals surface area (Å²) in [5.74, 6) is 0.411. The Bertz CT molecular complexity index is 743. The van der Waals surface area contributed by atoms with Crippen LogP contribution in [0.1, 0.15) is 28.4 Å². The van der Waals surface area contributed by atoms with E-state index in [0.717, 1.165) is 29.1 Å². The van der Waals surface area contributed by atoms with Crippen LogP contribution in [0.5, 0.6) is 0 Å². The molecule has 5 nitrogen and oxygen atoms in total. The number of carbonyl (C=O) groups is 1. The van der Waals surface area contributed by atoms with Gasteiger partial charge in [-0.3, -0.25) is 4.79 Å². The van der Waals surface area contributed by atoms with Gasteiger partial charge in [-0.15, -0.1) is 0 Å². The zero-order chi connectivity index (χ0) is 18.2. The second kappa shape index (κ2) is 9.22. The zero-order valence-electron chi connectivity index (χ0n) is 14.5. The van der Waals surface area contributed by atoms with Crippen molar-refractivity contribution in [2.24, 2.45) is 10.7 Å². The van der Waals surface area contributed by atoms with Gasteiger partial charge in [0.05, 0.1) is 6.54 Å². The lowest BCUT2D eigenvalue weighted by atomic mass is 10.1. The Morgan fingerprint density at radius 2 is 1.88 bits per heavy atom. The van der Waals surface area contributed by atoms with E-state index < -0.39 is 5.91 Å². The lowest BCUT2D eigenvalue weighted by molar-refractivity contribution is 0.100. The Morgan fingerprint density at radius 3 is 2.48 bits per heavy atom. The van der Waals surface area contributed by atoms with Gasteiger partial charge in [-0.1, -0.05) is 46.3 Å². The standard InChI is InChI=1S/C19H23BrN4O/c1-3-22-19(24(2)13-16-6-4-5-7-17(16)20)23-12-14-8-10-15(11-9-14)18(21)25/h4-11H,3,12-13H2,1-2H3,(H2,21,25)(H,22,23). The molecule has 0 saturated heterocycles. The van der Waals surface area contributed by atoms with E-state index in [2.05, 4.69) is 37.2 Å². The fourth-order valence-electron chi connectivity index (χ4n) is 2.37. The van der Waals surface area contributed by atoms with Crippen molar-refractivity contribution >= 4 is 27.8 Å². The number of aliphatic imine (C=N–C) groups is 1. The van der Waals surface area contributed by atoms with Crippen LogP contribution in [-0.4, -0.2) is 30.4 Å². The number of carbonyl (C=O) groups excluding carboxylic acids is 1. The van der Waals surface area contributed by atoms with Crippen molar-refractivity contribution in [1.29, 1.82) is 0 Å². The van der Waals surface area contributed by atoms with Crippen LogP contribution in [0.2, 0.25) is 0 Å². The molecule has 0 aliphatic heterocycles. The molecule has 0 aliphatic rings. The molecule has 0 aromatic heterocycles. The topological polar surface area (TPSA) is 70.7 Å². The molecule has 0 atom stereocenters. The monoisotopic (exact) mass is 402 g/mol. The van der Waals surface area contributed by atoms with Gasteiger partial charge in [0, 0.05) is 30.2 Å². The van der Waals surface area contributed by atoms with Crippen LogP contribution < -0.4 is 11.1 Å². The van der Waals surface area contributed by atoms with Crippen molar-refractivity contribution < 1.29 is 4.79 Å². The van der Waals surface area contributed by atoms with E-state index in [-0.39, 0.29) is 0 Å². The highest BCUT2D eigenvalue weighted by Gasteiger charge is 2.08. The minimum Gasteiger partial charge on any atom is -0.366 e. The molecule has 25 heavy (non-hydrogen) atoms. The van der Waals surface area contributed by atoms with Gasteiger partial charge >= 0.3 is 0 Å². The molecule has 2 aromatic carbocycles. The number of hydrogen-bond acceptors (Lipinski definition) is 2. The molecule has 0 bridgehead atoms. The summed E-state index contributed by atoms with van der Waals surface area (Å²) in [5.41, 5.74) is 7.99. The first-order chi connectivity index (χ1) is 12.0. The third-order valence-corrected chi connectivity index (χ3v) is 4.49. The van der Waals surface area contributed by atoms with Gasteiger partial charge in [-0.05, 0) is 36.2 Å². The molecular formula is C19H23BrN4O. The van der Waals surface area contributed by atoms with Gasteiger partial charge in [0.25, 0.3) is 0 Å². The maximum absolute atomic E-state index is 11.1. The number of amides is 1. The zero-order valence-corrected chi connectivity index (χ0v) is 16.1. The van der Waals surface area contributed by atoms with Gasteiger partial charge in [0.1, 0.15) is 0 Å². The fraction of sp³-hybridized carbons (Fsp3) is 0.263. The maximum Gasteiger partial charge on any atom is 0.248 e. The highest BCUT2D eigenvalue weighted by Crippen LogP contribution is 2.17. The number of nitrogens with two attached hydrogens (primary N) is 1. The van der Waals surface area contributed by atoms with Gasteiger partial charge in [-0.2, -0.15) is 0 Å². The first kappa shape index (κ1) is 19.0. The molecule has 2 rings (SSSR count). The number of primary amides is 1. The average molecular weight is 403 g/mol. The molecule has 1 amide bonds. The van der Waals surface area contributed by atoms with Crippen molar-refractivity contribution in [1.82, 2.24) is 10.2 Å². The van der Waals surface area contributed by atoms with Crippen molar-refractivity contribution in [2.45, 2.75) is 20.0 Å². The molecule has 0 radical (unpaired) electrons. The Kier molecular flexibility index (Phi) is 7.01. The summed E-state index contributed by atoms with van der Waals surface area (Å²) in [4.78, 5) is 17.9. The molecule has 0 aliphatic carbocycles. The summed E-state index contributed by atoms with van der Waals surface area (Å²) in [6, 6.07) is 15.4. The van der Waals surface area contributed by atoms with Gasteiger partial charge < -0.3 is 16.0 Å².